The molecule has 2 heterocycles. The van der Waals surface area contributed by atoms with Gasteiger partial charge in [0.2, 0.25) is 5.95 Å². The van der Waals surface area contributed by atoms with E-state index in [0.717, 1.165) is 41.5 Å². The molecule has 1 aliphatic carbocycles. The molecule has 0 unspecified atom stereocenters. The molecule has 1 fully saturated rings. The van der Waals surface area contributed by atoms with Gasteiger partial charge in [-0.3, -0.25) is 4.79 Å². The third-order valence-corrected chi connectivity index (χ3v) is 5.69. The molecular formula is C18H21N7OS. The first-order valence-corrected chi connectivity index (χ1v) is 9.79. The van der Waals surface area contributed by atoms with Gasteiger partial charge < -0.3 is 22.1 Å². The minimum atomic E-state index is -0.684. The molecule has 0 saturated heterocycles. The summed E-state index contributed by atoms with van der Waals surface area (Å²) in [7, 11) is 0. The molecule has 3 aromatic rings. The Bertz CT molecular complexity index is 973. The van der Waals surface area contributed by atoms with Crippen LogP contribution in [-0.4, -0.2) is 33.2 Å². The van der Waals surface area contributed by atoms with Crippen LogP contribution < -0.4 is 22.1 Å². The average molecular weight is 383 g/mol. The van der Waals surface area contributed by atoms with E-state index in [4.69, 9.17) is 11.5 Å². The summed E-state index contributed by atoms with van der Waals surface area (Å²) in [5, 5.41) is 17.5. The third kappa shape index (κ3) is 3.69. The fourth-order valence-corrected chi connectivity index (χ4v) is 4.19. The van der Waals surface area contributed by atoms with Crippen LogP contribution in [0.25, 0.3) is 10.1 Å². The molecule has 2 atom stereocenters. The SMILES string of the molecule is NC(=O)c1nnc(N[C@@H]2CCCC[C@@H]2N)nc1Nc1cccc2sccc12. The van der Waals surface area contributed by atoms with Crippen molar-refractivity contribution in [3.63, 3.8) is 0 Å². The van der Waals surface area contributed by atoms with E-state index in [1.807, 2.05) is 29.6 Å². The van der Waals surface area contributed by atoms with Crippen molar-refractivity contribution in [2.75, 3.05) is 10.6 Å². The lowest BCUT2D eigenvalue weighted by atomic mass is 9.91. The average Bonchev–Trinajstić information content (AvgIpc) is 3.13. The van der Waals surface area contributed by atoms with E-state index in [2.05, 4.69) is 25.8 Å². The summed E-state index contributed by atoms with van der Waals surface area (Å²) in [6.07, 6.45) is 4.18. The van der Waals surface area contributed by atoms with Crippen molar-refractivity contribution < 1.29 is 4.79 Å². The number of hydrogen-bond acceptors (Lipinski definition) is 8. The Labute approximate surface area is 160 Å². The van der Waals surface area contributed by atoms with E-state index in [1.54, 1.807) is 11.3 Å². The van der Waals surface area contributed by atoms with Crippen LogP contribution >= 0.6 is 11.3 Å². The second kappa shape index (κ2) is 7.45. The minimum Gasteiger partial charge on any atom is -0.364 e. The molecule has 2 aromatic heterocycles. The number of primary amides is 1. The maximum absolute atomic E-state index is 11.8. The first kappa shape index (κ1) is 17.6. The number of carbonyl (C=O) groups is 1. The summed E-state index contributed by atoms with van der Waals surface area (Å²) in [5.74, 6) is -0.0682. The topological polar surface area (TPSA) is 132 Å². The van der Waals surface area contributed by atoms with Gasteiger partial charge in [-0.2, -0.15) is 4.98 Å². The molecule has 0 aliphatic heterocycles. The number of nitrogens with one attached hydrogen (secondary N) is 2. The summed E-state index contributed by atoms with van der Waals surface area (Å²) in [6.45, 7) is 0. The van der Waals surface area contributed by atoms with Gasteiger partial charge in [-0.25, -0.2) is 0 Å². The van der Waals surface area contributed by atoms with Gasteiger partial charge in [0.05, 0.1) is 0 Å². The number of aromatic nitrogens is 3. The van der Waals surface area contributed by atoms with Crippen LogP contribution in [-0.2, 0) is 0 Å². The molecule has 0 bridgehead atoms. The number of carbonyl (C=O) groups excluding carboxylic acids is 1. The molecule has 1 aliphatic rings. The third-order valence-electron chi connectivity index (χ3n) is 4.80. The Balaban J connectivity index is 1.65. The summed E-state index contributed by atoms with van der Waals surface area (Å²) >= 11 is 1.64. The van der Waals surface area contributed by atoms with Gasteiger partial charge in [-0.05, 0) is 36.4 Å². The number of amides is 1. The first-order valence-electron chi connectivity index (χ1n) is 8.91. The maximum Gasteiger partial charge on any atom is 0.273 e. The van der Waals surface area contributed by atoms with Crippen molar-refractivity contribution in [1.29, 1.82) is 0 Å². The molecule has 1 saturated carbocycles. The van der Waals surface area contributed by atoms with Gasteiger partial charge in [-0.15, -0.1) is 21.5 Å². The largest absolute Gasteiger partial charge is 0.364 e. The molecule has 27 heavy (non-hydrogen) atoms. The van der Waals surface area contributed by atoms with Crippen LogP contribution in [0, 0.1) is 0 Å². The molecule has 1 amide bonds. The highest BCUT2D eigenvalue weighted by atomic mass is 32.1. The van der Waals surface area contributed by atoms with E-state index in [-0.39, 0.29) is 23.6 Å². The Morgan fingerprint density at radius 2 is 2.04 bits per heavy atom. The highest BCUT2D eigenvalue weighted by Gasteiger charge is 2.23. The Morgan fingerprint density at radius 3 is 2.85 bits per heavy atom. The lowest BCUT2D eigenvalue weighted by Crippen LogP contribution is -2.43. The molecule has 9 heteroatoms. The quantitative estimate of drug-likeness (QED) is 0.532. The molecule has 0 spiro atoms. The van der Waals surface area contributed by atoms with Crippen LogP contribution in [0.2, 0.25) is 0 Å². The van der Waals surface area contributed by atoms with Gasteiger partial charge in [0.1, 0.15) is 0 Å². The number of nitrogens with zero attached hydrogens (tertiary/aromatic N) is 3. The number of hydrogen-bond donors (Lipinski definition) is 4. The number of anilines is 3. The van der Waals surface area contributed by atoms with Crippen LogP contribution in [0.4, 0.5) is 17.5 Å². The zero-order valence-electron chi connectivity index (χ0n) is 14.7. The number of nitrogens with two attached hydrogens (primary N) is 2. The Kier molecular flexibility index (Phi) is 4.87. The zero-order valence-corrected chi connectivity index (χ0v) is 15.5. The molecule has 6 N–H and O–H groups in total. The predicted octanol–water partition coefficient (Wildman–Crippen LogP) is 2.61. The van der Waals surface area contributed by atoms with Gasteiger partial charge in [0.15, 0.2) is 11.5 Å². The molecule has 140 valence electrons. The standard InChI is InChI=1S/C18H21N7OS/c19-11-4-1-2-5-13(11)22-18-23-17(15(16(20)26)24-25-18)21-12-6-3-7-14-10(12)8-9-27-14/h3,6-9,11,13H,1-2,4-5,19H2,(H2,20,26)(H2,21,22,23,25)/t11-,13+/m0/s1. The van der Waals surface area contributed by atoms with Crippen molar-refractivity contribution in [3.8, 4) is 0 Å². The smallest absolute Gasteiger partial charge is 0.273 e. The van der Waals surface area contributed by atoms with Crippen LogP contribution in [0.5, 0.6) is 0 Å². The molecule has 4 rings (SSSR count). The van der Waals surface area contributed by atoms with Crippen LogP contribution in [0.3, 0.4) is 0 Å². The summed E-state index contributed by atoms with van der Waals surface area (Å²) in [6, 6.07) is 8.06. The predicted molar refractivity (Wildman–Crippen MR) is 107 cm³/mol. The van der Waals surface area contributed by atoms with Crippen molar-refractivity contribution >= 4 is 44.8 Å². The molecule has 0 radical (unpaired) electrons. The van der Waals surface area contributed by atoms with E-state index < -0.39 is 5.91 Å². The maximum atomic E-state index is 11.8. The van der Waals surface area contributed by atoms with E-state index >= 15 is 0 Å². The molecular weight excluding hydrogens is 362 g/mol. The monoisotopic (exact) mass is 383 g/mol. The number of fused-ring (bicyclic) bond motifs is 1. The lowest BCUT2D eigenvalue weighted by Gasteiger charge is -2.29. The summed E-state index contributed by atoms with van der Waals surface area (Å²) < 4.78 is 1.13. The zero-order chi connectivity index (χ0) is 18.8. The number of thiophene rings is 1. The minimum absolute atomic E-state index is 0.000672. The second-order valence-corrected chi connectivity index (χ2v) is 7.61. The second-order valence-electron chi connectivity index (χ2n) is 6.66. The van der Waals surface area contributed by atoms with Crippen molar-refractivity contribution in [2.45, 2.75) is 37.8 Å². The fourth-order valence-electron chi connectivity index (χ4n) is 3.38. The van der Waals surface area contributed by atoms with Gasteiger partial charge in [0, 0.05) is 27.9 Å². The van der Waals surface area contributed by atoms with Gasteiger partial charge in [0.25, 0.3) is 5.91 Å². The van der Waals surface area contributed by atoms with Crippen LogP contribution in [0.15, 0.2) is 29.6 Å². The highest BCUT2D eigenvalue weighted by Crippen LogP contribution is 2.30. The molecule has 1 aromatic carbocycles. The lowest BCUT2D eigenvalue weighted by molar-refractivity contribution is 0.0995. The fraction of sp³-hybridized carbons (Fsp3) is 0.333. The number of benzene rings is 1. The van der Waals surface area contributed by atoms with Gasteiger partial charge >= 0.3 is 0 Å². The number of rotatable bonds is 5. The summed E-state index contributed by atoms with van der Waals surface area (Å²) in [5.41, 5.74) is 12.5. The van der Waals surface area contributed by atoms with Crippen LogP contribution in [0.1, 0.15) is 36.2 Å². The van der Waals surface area contributed by atoms with Crippen molar-refractivity contribution in [3.05, 3.63) is 35.3 Å². The van der Waals surface area contributed by atoms with E-state index in [0.29, 0.717) is 5.95 Å². The van der Waals surface area contributed by atoms with Gasteiger partial charge in [-0.1, -0.05) is 18.9 Å². The van der Waals surface area contributed by atoms with E-state index in [1.165, 1.54) is 0 Å². The van der Waals surface area contributed by atoms with Crippen molar-refractivity contribution in [1.82, 2.24) is 15.2 Å². The molecule has 8 nitrogen and oxygen atoms in total. The highest BCUT2D eigenvalue weighted by molar-refractivity contribution is 7.17. The first-order chi connectivity index (χ1) is 13.1. The van der Waals surface area contributed by atoms with Crippen molar-refractivity contribution in [2.24, 2.45) is 11.5 Å². The van der Waals surface area contributed by atoms with E-state index in [9.17, 15) is 4.79 Å². The Morgan fingerprint density at radius 1 is 1.19 bits per heavy atom. The Hall–Kier alpha value is -2.78. The normalized spacial score (nSPS) is 19.7. The summed E-state index contributed by atoms with van der Waals surface area (Å²) in [4.78, 5) is 16.2.